The van der Waals surface area contributed by atoms with Crippen LogP contribution in [-0.2, 0) is 25.8 Å². The fourth-order valence-electron chi connectivity index (χ4n) is 3.58. The summed E-state index contributed by atoms with van der Waals surface area (Å²) in [6.07, 6.45) is -4.96. The van der Waals surface area contributed by atoms with Crippen LogP contribution in [0.2, 0.25) is 0 Å². The number of aromatic nitrogens is 5. The van der Waals surface area contributed by atoms with Crippen LogP contribution in [0, 0.1) is 0 Å². The molecular formula is C19H16F6N6O. The zero-order chi connectivity index (χ0) is 23.3. The molecule has 32 heavy (non-hydrogen) atoms. The lowest BCUT2D eigenvalue weighted by Crippen LogP contribution is -2.32. The maximum Gasteiger partial charge on any atom is 0.435 e. The van der Waals surface area contributed by atoms with Gasteiger partial charge in [0.15, 0.2) is 5.69 Å². The quantitative estimate of drug-likeness (QED) is 0.605. The molecule has 0 saturated heterocycles. The van der Waals surface area contributed by atoms with Crippen LogP contribution in [-0.4, -0.2) is 30.5 Å². The highest BCUT2D eigenvalue weighted by Gasteiger charge is 2.36. The minimum absolute atomic E-state index is 0.147. The van der Waals surface area contributed by atoms with Crippen molar-refractivity contribution in [3.63, 3.8) is 0 Å². The van der Waals surface area contributed by atoms with Crippen molar-refractivity contribution in [3.05, 3.63) is 58.9 Å². The summed E-state index contributed by atoms with van der Waals surface area (Å²) >= 11 is 0. The SMILES string of the molecule is Cn1nc(C(F)(F)F)cc1C(=O)NC1CCCc2cn(-c3ccnc(C(F)(F)F)c3)nc21. The molecule has 170 valence electrons. The minimum atomic E-state index is -4.69. The molecule has 3 aromatic heterocycles. The summed E-state index contributed by atoms with van der Waals surface area (Å²) in [5.74, 6) is -0.758. The van der Waals surface area contributed by atoms with Gasteiger partial charge in [0.1, 0.15) is 11.4 Å². The predicted octanol–water partition coefficient (Wildman–Crippen LogP) is 3.85. The first-order valence-corrected chi connectivity index (χ1v) is 9.47. The van der Waals surface area contributed by atoms with Crippen LogP contribution in [0.4, 0.5) is 26.3 Å². The first-order chi connectivity index (χ1) is 14.9. The van der Waals surface area contributed by atoms with E-state index in [0.29, 0.717) is 31.0 Å². The van der Waals surface area contributed by atoms with Gasteiger partial charge in [-0.25, -0.2) is 4.68 Å². The molecule has 3 aromatic rings. The molecule has 1 atom stereocenters. The topological polar surface area (TPSA) is 77.6 Å². The number of fused-ring (bicyclic) bond motifs is 1. The van der Waals surface area contributed by atoms with Gasteiger partial charge in [-0.15, -0.1) is 0 Å². The number of nitrogens with one attached hydrogen (secondary N) is 1. The highest BCUT2D eigenvalue weighted by Crippen LogP contribution is 2.32. The second-order valence-corrected chi connectivity index (χ2v) is 7.34. The smallest absolute Gasteiger partial charge is 0.342 e. The van der Waals surface area contributed by atoms with E-state index in [2.05, 4.69) is 20.5 Å². The summed E-state index contributed by atoms with van der Waals surface area (Å²) in [7, 11) is 1.23. The molecule has 0 aromatic carbocycles. The molecule has 1 amide bonds. The van der Waals surface area contributed by atoms with Gasteiger partial charge in [-0.2, -0.15) is 36.5 Å². The van der Waals surface area contributed by atoms with Gasteiger partial charge in [0.2, 0.25) is 0 Å². The van der Waals surface area contributed by atoms with Crippen LogP contribution in [0.3, 0.4) is 0 Å². The maximum atomic E-state index is 13.0. The average molecular weight is 458 g/mol. The molecule has 7 nitrogen and oxygen atoms in total. The van der Waals surface area contributed by atoms with Crippen molar-refractivity contribution in [2.45, 2.75) is 37.7 Å². The normalized spacial score (nSPS) is 16.7. The van der Waals surface area contributed by atoms with Crippen LogP contribution in [0.25, 0.3) is 5.69 Å². The maximum absolute atomic E-state index is 13.0. The van der Waals surface area contributed by atoms with Gasteiger partial charge in [0.25, 0.3) is 5.91 Å². The van der Waals surface area contributed by atoms with Crippen molar-refractivity contribution < 1.29 is 31.1 Å². The molecular weight excluding hydrogens is 442 g/mol. The Morgan fingerprint density at radius 2 is 1.81 bits per heavy atom. The number of hydrogen-bond acceptors (Lipinski definition) is 4. The number of amides is 1. The van der Waals surface area contributed by atoms with E-state index < -0.39 is 35.7 Å². The Labute approximate surface area is 177 Å². The van der Waals surface area contributed by atoms with E-state index >= 15 is 0 Å². The summed E-state index contributed by atoms with van der Waals surface area (Å²) in [4.78, 5) is 15.9. The molecule has 1 aliphatic rings. The van der Waals surface area contributed by atoms with E-state index in [1.54, 1.807) is 6.20 Å². The third kappa shape index (κ3) is 4.18. The molecule has 0 bridgehead atoms. The number of pyridine rings is 1. The molecule has 4 rings (SSSR count). The van der Waals surface area contributed by atoms with Crippen molar-refractivity contribution in [1.82, 2.24) is 29.9 Å². The van der Waals surface area contributed by atoms with Crippen molar-refractivity contribution in [3.8, 4) is 5.69 Å². The van der Waals surface area contributed by atoms with E-state index in [9.17, 15) is 31.1 Å². The van der Waals surface area contributed by atoms with Crippen LogP contribution in [0.1, 0.15) is 52.0 Å². The number of carbonyl (C=O) groups is 1. The molecule has 0 spiro atoms. The lowest BCUT2D eigenvalue weighted by atomic mass is 9.93. The van der Waals surface area contributed by atoms with Gasteiger partial charge in [0.05, 0.1) is 17.4 Å². The van der Waals surface area contributed by atoms with E-state index in [4.69, 9.17) is 0 Å². The Balaban J connectivity index is 1.60. The van der Waals surface area contributed by atoms with Crippen LogP contribution in [0.5, 0.6) is 0 Å². The Morgan fingerprint density at radius 3 is 2.47 bits per heavy atom. The minimum Gasteiger partial charge on any atom is -0.342 e. The van der Waals surface area contributed by atoms with Crippen molar-refractivity contribution in [2.24, 2.45) is 7.05 Å². The Bertz CT molecular complexity index is 1160. The Hall–Kier alpha value is -3.38. The van der Waals surface area contributed by atoms with E-state index in [1.807, 2.05) is 0 Å². The first-order valence-electron chi connectivity index (χ1n) is 9.47. The monoisotopic (exact) mass is 458 g/mol. The number of hydrogen-bond donors (Lipinski definition) is 1. The van der Waals surface area contributed by atoms with Gasteiger partial charge in [0, 0.05) is 25.5 Å². The second kappa shape index (κ2) is 7.64. The highest BCUT2D eigenvalue weighted by molar-refractivity contribution is 5.93. The molecule has 1 aliphatic carbocycles. The summed E-state index contributed by atoms with van der Waals surface area (Å²) in [5, 5.41) is 10.3. The highest BCUT2D eigenvalue weighted by atomic mass is 19.4. The first kappa shape index (κ1) is 21.8. The zero-order valence-electron chi connectivity index (χ0n) is 16.5. The van der Waals surface area contributed by atoms with E-state index in [1.165, 1.54) is 17.8 Å². The van der Waals surface area contributed by atoms with Crippen LogP contribution >= 0.6 is 0 Å². The average Bonchev–Trinajstić information content (AvgIpc) is 3.32. The molecule has 1 unspecified atom stereocenters. The van der Waals surface area contributed by atoms with E-state index in [-0.39, 0.29) is 11.4 Å². The van der Waals surface area contributed by atoms with E-state index in [0.717, 1.165) is 22.5 Å². The summed E-state index contributed by atoms with van der Waals surface area (Å²) in [6, 6.07) is 2.28. The summed E-state index contributed by atoms with van der Waals surface area (Å²) < 4.78 is 79.6. The Kier molecular flexibility index (Phi) is 5.21. The van der Waals surface area contributed by atoms with Crippen LogP contribution in [0.15, 0.2) is 30.6 Å². The summed E-state index contributed by atoms with van der Waals surface area (Å²) in [5.41, 5.74) is -1.19. The largest absolute Gasteiger partial charge is 0.435 e. The third-order valence-corrected chi connectivity index (χ3v) is 5.10. The van der Waals surface area contributed by atoms with Crippen molar-refractivity contribution in [2.75, 3.05) is 0 Å². The van der Waals surface area contributed by atoms with Gasteiger partial charge >= 0.3 is 12.4 Å². The number of halogens is 6. The fourth-order valence-corrected chi connectivity index (χ4v) is 3.58. The zero-order valence-corrected chi connectivity index (χ0v) is 16.5. The second-order valence-electron chi connectivity index (χ2n) is 7.34. The lowest BCUT2D eigenvalue weighted by Gasteiger charge is -2.22. The number of aryl methyl sites for hydroxylation is 2. The number of carbonyl (C=O) groups excluding carboxylic acids is 1. The number of rotatable bonds is 3. The molecule has 0 fully saturated rings. The molecule has 13 heteroatoms. The molecule has 0 saturated carbocycles. The van der Waals surface area contributed by atoms with Crippen molar-refractivity contribution >= 4 is 5.91 Å². The van der Waals surface area contributed by atoms with Gasteiger partial charge in [-0.1, -0.05) is 0 Å². The Morgan fingerprint density at radius 1 is 1.09 bits per heavy atom. The van der Waals surface area contributed by atoms with Gasteiger partial charge in [-0.05, 0) is 37.0 Å². The van der Waals surface area contributed by atoms with Gasteiger partial charge in [-0.3, -0.25) is 14.5 Å². The summed E-state index contributed by atoms with van der Waals surface area (Å²) in [6.45, 7) is 0. The molecule has 3 heterocycles. The predicted molar refractivity (Wildman–Crippen MR) is 97.7 cm³/mol. The fraction of sp³-hybridized carbons (Fsp3) is 0.368. The standard InChI is InChI=1S/C19H16F6N6O/c1-30-13(8-15(28-30)19(23,24)25)17(32)27-12-4-2-3-10-9-31(29-16(10)12)11-5-6-26-14(7-11)18(20,21)22/h5-9,12H,2-4H2,1H3,(H,27,32). The molecule has 0 radical (unpaired) electrons. The van der Waals surface area contributed by atoms with Crippen LogP contribution < -0.4 is 5.32 Å². The lowest BCUT2D eigenvalue weighted by molar-refractivity contribution is -0.142. The number of nitrogens with zero attached hydrogens (tertiary/aromatic N) is 5. The molecule has 0 aliphatic heterocycles. The number of alkyl halides is 6. The molecule has 1 N–H and O–H groups in total. The third-order valence-electron chi connectivity index (χ3n) is 5.10. The van der Waals surface area contributed by atoms with Crippen molar-refractivity contribution in [1.29, 1.82) is 0 Å². The van der Waals surface area contributed by atoms with Gasteiger partial charge < -0.3 is 5.32 Å².